The first-order valence-electron chi connectivity index (χ1n) is 47.7. The molecule has 7 aliphatic rings. The third-order valence-electron chi connectivity index (χ3n) is 29.9. The van der Waals surface area contributed by atoms with Crippen LogP contribution in [0.15, 0.2) is 146 Å². The lowest BCUT2D eigenvalue weighted by molar-refractivity contribution is 0.106. The van der Waals surface area contributed by atoms with Crippen LogP contribution in [0.4, 0.5) is 0 Å². The van der Waals surface area contributed by atoms with E-state index in [0.717, 1.165) is 131 Å². The smallest absolute Gasteiger partial charge is 0.110 e. The molecule has 123 heavy (non-hydrogen) atoms. The molecule has 0 radical (unpaired) electrons. The number of halogens is 3. The highest BCUT2D eigenvalue weighted by molar-refractivity contribution is 6.31. The molecule has 4 aliphatic heterocycles. The van der Waals surface area contributed by atoms with Crippen molar-refractivity contribution in [2.75, 3.05) is 66.0 Å². The van der Waals surface area contributed by atoms with Gasteiger partial charge in [0.1, 0.15) is 23.3 Å². The summed E-state index contributed by atoms with van der Waals surface area (Å²) in [6.45, 7) is 34.5. The second kappa shape index (κ2) is 41.4. The molecule has 8 heterocycles. The number of nitrogens with zero attached hydrogens (tertiary/aromatic N) is 12. The van der Waals surface area contributed by atoms with Crippen molar-refractivity contribution in [2.24, 2.45) is 29.6 Å². The zero-order chi connectivity index (χ0) is 85.2. The Morgan fingerprint density at radius 2 is 0.528 bits per heavy atom. The molecule has 7 fully saturated rings. The van der Waals surface area contributed by atoms with Crippen LogP contribution in [0.5, 0.6) is 0 Å². The van der Waals surface area contributed by atoms with E-state index < -0.39 is 0 Å². The van der Waals surface area contributed by atoms with E-state index in [1.54, 1.807) is 0 Å². The lowest BCUT2D eigenvalue weighted by Gasteiger charge is -2.39. The highest BCUT2D eigenvalue weighted by Crippen LogP contribution is 2.37. The standard InChI is InChI=1S/C29H38ClN3.C28H36ClN3.C27H34ClN3.C24H31N3/c1-21-16-27-28(17-22(21)2)33(20-25-8-10-26(30)11-9-25)29(31-27)18-23-12-14-32(15-13-23)19-24-6-4-3-5-7-24;1-20-16-26-27(17-21(20)2)32(19-23-8-10-24(29)11-9-23)28(30-26)18-22-12-14-31(15-13-22)25-6-4-3-5-7-25;1-19-15-25-26(16-20(19)2)31(18-22-7-9-23(28)10-8-22)27(29-25)17-21-11-13-30(14-12-21)24-5-3-4-6-24;1-17-5-7-21(8-6-17)16-27-23-14-19(3)18(2)13-22(23)25-24(27)15-20-9-11-26(4)12-10-20/h8-11,16-17,23-24H,3-7,12-15,18-20H2,1-2H3;8-11,16-17,22,25H,3-7,12-15,18-19H2,1-2H3;7-10,15-16,21,24H,3-6,11-14,17-18H2,1-2H3;5-8,13-14,20H,9-12,15-16H2,1-4H3. The molecular weight excluding hydrogens is 1570 g/mol. The molecule has 12 aromatic rings. The molecule has 0 unspecified atom stereocenters. The van der Waals surface area contributed by atoms with Crippen molar-refractivity contribution in [1.29, 1.82) is 0 Å². The monoisotopic (exact) mass is 1710 g/mol. The van der Waals surface area contributed by atoms with Gasteiger partial charge in [0.25, 0.3) is 0 Å². The van der Waals surface area contributed by atoms with E-state index in [1.807, 2.05) is 36.4 Å². The highest BCUT2D eigenvalue weighted by Gasteiger charge is 2.32. The van der Waals surface area contributed by atoms with Gasteiger partial charge in [0.2, 0.25) is 0 Å². The Kier molecular flexibility index (Phi) is 29.9. The van der Waals surface area contributed by atoms with Crippen LogP contribution in [0, 0.1) is 91.9 Å². The first-order valence-corrected chi connectivity index (χ1v) is 48.8. The molecule has 8 aromatic carbocycles. The van der Waals surface area contributed by atoms with Gasteiger partial charge in [-0.3, -0.25) is 0 Å². The van der Waals surface area contributed by atoms with Crippen molar-refractivity contribution in [3.63, 3.8) is 0 Å². The van der Waals surface area contributed by atoms with Crippen LogP contribution in [0.2, 0.25) is 15.1 Å². The number of piperidine rings is 4. The molecule has 12 nitrogen and oxygen atoms in total. The number of aromatic nitrogens is 8. The molecule has 19 rings (SSSR count). The topological polar surface area (TPSA) is 84.2 Å². The van der Waals surface area contributed by atoms with E-state index >= 15 is 0 Å². The minimum absolute atomic E-state index is 0.732. The van der Waals surface area contributed by atoms with E-state index in [0.29, 0.717) is 0 Å². The first kappa shape index (κ1) is 88.8. The summed E-state index contributed by atoms with van der Waals surface area (Å²) in [7, 11) is 2.23. The summed E-state index contributed by atoms with van der Waals surface area (Å²) in [4.78, 5) is 31.3. The van der Waals surface area contributed by atoms with E-state index in [4.69, 9.17) is 54.7 Å². The van der Waals surface area contributed by atoms with Crippen LogP contribution >= 0.6 is 34.8 Å². The summed E-state index contributed by atoms with van der Waals surface area (Å²) in [6.07, 6.45) is 34.8. The van der Waals surface area contributed by atoms with E-state index in [-0.39, 0.29) is 0 Å². The summed E-state index contributed by atoms with van der Waals surface area (Å²) >= 11 is 18.4. The van der Waals surface area contributed by atoms with Crippen LogP contribution in [-0.4, -0.2) is 136 Å². The second-order valence-electron chi connectivity index (χ2n) is 39.0. The maximum absolute atomic E-state index is 6.14. The molecule has 0 atom stereocenters. The van der Waals surface area contributed by atoms with Gasteiger partial charge in [0.15, 0.2) is 0 Å². The summed E-state index contributed by atoms with van der Waals surface area (Å²) in [5, 5.41) is 2.38. The minimum atomic E-state index is 0.732. The normalized spacial score (nSPS) is 18.4. The number of hydrogen-bond acceptors (Lipinski definition) is 8. The number of likely N-dealkylation sites (tertiary alicyclic amines) is 4. The quantitative estimate of drug-likeness (QED) is 0.0746. The number of rotatable bonds is 20. The summed E-state index contributed by atoms with van der Waals surface area (Å²) in [6, 6.07) is 53.8. The van der Waals surface area contributed by atoms with Crippen LogP contribution in [0.25, 0.3) is 44.1 Å². The fourth-order valence-electron chi connectivity index (χ4n) is 21.4. The van der Waals surface area contributed by atoms with E-state index in [2.05, 4.69) is 216 Å². The van der Waals surface area contributed by atoms with Crippen molar-refractivity contribution < 1.29 is 0 Å². The Labute approximate surface area is 750 Å². The molecule has 0 amide bonds. The minimum Gasteiger partial charge on any atom is -0.323 e. The largest absolute Gasteiger partial charge is 0.323 e. The predicted octanol–water partition coefficient (Wildman–Crippen LogP) is 25.6. The Morgan fingerprint density at radius 1 is 0.276 bits per heavy atom. The van der Waals surface area contributed by atoms with E-state index in [9.17, 15) is 0 Å². The summed E-state index contributed by atoms with van der Waals surface area (Å²) in [5.41, 5.74) is 26.8. The van der Waals surface area contributed by atoms with Gasteiger partial charge in [-0.05, 0) is 393 Å². The first-order chi connectivity index (χ1) is 59.7. The van der Waals surface area contributed by atoms with Gasteiger partial charge in [0, 0.05) is 85.6 Å². The zero-order valence-electron chi connectivity index (χ0n) is 76.0. The fourth-order valence-corrected chi connectivity index (χ4v) is 21.8. The Hall–Kier alpha value is -7.65. The second-order valence-corrected chi connectivity index (χ2v) is 40.3. The molecule has 0 N–H and O–H groups in total. The van der Waals surface area contributed by atoms with Crippen LogP contribution in [-0.2, 0) is 51.9 Å². The molecule has 0 bridgehead atoms. The lowest BCUT2D eigenvalue weighted by atomic mass is 9.87. The zero-order valence-corrected chi connectivity index (χ0v) is 78.2. The third kappa shape index (κ3) is 22.8. The van der Waals surface area contributed by atoms with Crippen molar-refractivity contribution in [3.8, 4) is 0 Å². The van der Waals surface area contributed by atoms with Crippen LogP contribution in [0.3, 0.4) is 0 Å². The predicted molar refractivity (Wildman–Crippen MR) is 517 cm³/mol. The van der Waals surface area contributed by atoms with Crippen LogP contribution < -0.4 is 0 Å². The number of imidazole rings is 4. The summed E-state index contributed by atoms with van der Waals surface area (Å²) in [5.74, 6) is 8.89. The number of fused-ring (bicyclic) bond motifs is 4. The van der Waals surface area contributed by atoms with Gasteiger partial charge < -0.3 is 37.9 Å². The fraction of sp³-hybridized carbons (Fsp3) is 0.519. The van der Waals surface area contributed by atoms with Crippen LogP contribution in [0.1, 0.15) is 237 Å². The van der Waals surface area contributed by atoms with Crippen molar-refractivity contribution in [3.05, 3.63) is 256 Å². The average Bonchev–Trinajstić information content (AvgIpc) is 1.65. The Bertz CT molecular complexity index is 5450. The molecule has 3 aliphatic carbocycles. The van der Waals surface area contributed by atoms with Crippen molar-refractivity contribution in [1.82, 2.24) is 57.8 Å². The SMILES string of the molecule is Cc1cc2nc(CC3CCN(C4CCCC4)CC3)n(Cc3ccc(Cl)cc3)c2cc1C.Cc1cc2nc(CC3CCN(C4CCCCC4)CC3)n(Cc3ccc(Cl)cc3)c2cc1C.Cc1cc2nc(CC3CCN(CC4CCCCC4)CC3)n(Cc3ccc(Cl)cc3)c2cc1C.Cc1ccc(Cn2c(CC3CCN(C)CC3)nc3cc(C)c(C)cc32)cc1. The average molecular weight is 1710 g/mol. The van der Waals surface area contributed by atoms with Gasteiger partial charge in [-0.15, -0.1) is 0 Å². The molecule has 3 saturated carbocycles. The molecule has 15 heteroatoms. The maximum Gasteiger partial charge on any atom is 0.110 e. The molecule has 652 valence electrons. The maximum atomic E-state index is 6.14. The Balaban J connectivity index is 0.000000122. The Morgan fingerprint density at radius 3 is 0.829 bits per heavy atom. The number of benzene rings is 8. The summed E-state index contributed by atoms with van der Waals surface area (Å²) < 4.78 is 9.83. The third-order valence-corrected chi connectivity index (χ3v) is 30.7. The molecule has 0 spiro atoms. The number of aryl methyl sites for hydroxylation is 9. The van der Waals surface area contributed by atoms with Gasteiger partial charge in [-0.1, -0.05) is 152 Å². The molecule has 4 saturated heterocycles. The van der Waals surface area contributed by atoms with Gasteiger partial charge in [-0.2, -0.15) is 0 Å². The van der Waals surface area contributed by atoms with Gasteiger partial charge >= 0.3 is 0 Å². The lowest BCUT2D eigenvalue weighted by Crippen LogP contribution is -2.42. The highest BCUT2D eigenvalue weighted by atomic mass is 35.5. The van der Waals surface area contributed by atoms with Crippen molar-refractivity contribution in [2.45, 2.75) is 268 Å². The molecule has 4 aromatic heterocycles. The van der Waals surface area contributed by atoms with Crippen molar-refractivity contribution >= 4 is 78.9 Å². The van der Waals surface area contributed by atoms with E-state index in [1.165, 1.54) is 318 Å². The number of hydrogen-bond donors (Lipinski definition) is 0. The van der Waals surface area contributed by atoms with Gasteiger partial charge in [-0.25, -0.2) is 19.9 Å². The van der Waals surface area contributed by atoms with Gasteiger partial charge in [0.05, 0.1) is 44.1 Å². The molecular formula is C108H139Cl3N12.